The molecule has 3 heteroatoms. The van der Waals surface area contributed by atoms with Gasteiger partial charge in [0.1, 0.15) is 6.29 Å². The minimum absolute atomic E-state index is 0.0441. The van der Waals surface area contributed by atoms with E-state index >= 15 is 0 Å². The molecular formula is C14H18ClNO. The molecule has 0 N–H and O–H groups in total. The number of aldehydes is 1. The van der Waals surface area contributed by atoms with Crippen molar-refractivity contribution in [2.45, 2.75) is 18.8 Å². The van der Waals surface area contributed by atoms with E-state index in [-0.39, 0.29) is 5.92 Å². The predicted molar refractivity (Wildman–Crippen MR) is 70.5 cm³/mol. The van der Waals surface area contributed by atoms with Crippen LogP contribution in [0.4, 0.5) is 0 Å². The van der Waals surface area contributed by atoms with E-state index in [2.05, 4.69) is 11.9 Å². The molecule has 1 fully saturated rings. The lowest BCUT2D eigenvalue weighted by Gasteiger charge is -2.32. The normalized spacial score (nSPS) is 20.1. The molecule has 92 valence electrons. The van der Waals surface area contributed by atoms with E-state index in [0.717, 1.165) is 37.8 Å². The summed E-state index contributed by atoms with van der Waals surface area (Å²) < 4.78 is 0. The number of hydrogen-bond acceptors (Lipinski definition) is 2. The molecule has 0 saturated carbocycles. The number of halogens is 1. The van der Waals surface area contributed by atoms with Gasteiger partial charge in [-0.05, 0) is 50.5 Å². The maximum absolute atomic E-state index is 11.4. The Morgan fingerprint density at radius 2 is 2.00 bits per heavy atom. The van der Waals surface area contributed by atoms with Crippen LogP contribution >= 0.6 is 11.6 Å². The molecular weight excluding hydrogens is 234 g/mol. The molecule has 1 atom stereocenters. The third-order valence-electron chi connectivity index (χ3n) is 3.68. The number of carbonyl (C=O) groups is 1. The van der Waals surface area contributed by atoms with Crippen molar-refractivity contribution in [3.05, 3.63) is 34.9 Å². The third-order valence-corrected chi connectivity index (χ3v) is 4.03. The molecule has 1 heterocycles. The fourth-order valence-electron chi connectivity index (χ4n) is 2.57. The molecule has 1 aliphatic heterocycles. The van der Waals surface area contributed by atoms with Crippen LogP contribution < -0.4 is 0 Å². The van der Waals surface area contributed by atoms with E-state index in [0.29, 0.717) is 10.9 Å². The highest BCUT2D eigenvalue weighted by Gasteiger charge is 2.27. The van der Waals surface area contributed by atoms with Gasteiger partial charge in [0.05, 0.1) is 0 Å². The van der Waals surface area contributed by atoms with Crippen LogP contribution in [-0.4, -0.2) is 31.3 Å². The first-order valence-corrected chi connectivity index (χ1v) is 6.48. The van der Waals surface area contributed by atoms with Gasteiger partial charge in [0.25, 0.3) is 0 Å². The number of benzene rings is 1. The predicted octanol–water partition coefficient (Wildman–Crippen LogP) is 2.96. The zero-order valence-corrected chi connectivity index (χ0v) is 10.9. The van der Waals surface area contributed by atoms with Gasteiger partial charge in [-0.3, -0.25) is 0 Å². The number of likely N-dealkylation sites (tertiary alicyclic amines) is 1. The Labute approximate surface area is 108 Å². The molecule has 0 aromatic heterocycles. The summed E-state index contributed by atoms with van der Waals surface area (Å²) in [6, 6.07) is 7.69. The summed E-state index contributed by atoms with van der Waals surface area (Å²) in [5.74, 6) is 0.390. The number of piperidine rings is 1. The summed E-state index contributed by atoms with van der Waals surface area (Å²) in [6.07, 6.45) is 3.22. The minimum Gasteiger partial charge on any atom is -0.306 e. The van der Waals surface area contributed by atoms with Crippen LogP contribution in [0.3, 0.4) is 0 Å². The van der Waals surface area contributed by atoms with Crippen LogP contribution in [0, 0.1) is 5.92 Å². The van der Waals surface area contributed by atoms with Crippen LogP contribution in [0.15, 0.2) is 24.3 Å². The molecule has 0 spiro atoms. The number of hydrogen-bond donors (Lipinski definition) is 0. The fourth-order valence-corrected chi connectivity index (χ4v) is 2.83. The highest BCUT2D eigenvalue weighted by molar-refractivity contribution is 6.31. The summed E-state index contributed by atoms with van der Waals surface area (Å²) in [6.45, 7) is 2.14. The smallest absolute Gasteiger partial charge is 0.127 e. The monoisotopic (exact) mass is 251 g/mol. The second-order valence-corrected chi connectivity index (χ2v) is 5.23. The molecule has 1 unspecified atom stereocenters. The van der Waals surface area contributed by atoms with Gasteiger partial charge >= 0.3 is 0 Å². The molecule has 2 rings (SSSR count). The summed E-state index contributed by atoms with van der Waals surface area (Å²) >= 11 is 6.18. The summed E-state index contributed by atoms with van der Waals surface area (Å²) in [5.41, 5.74) is 0.985. The molecule has 1 saturated heterocycles. The average Bonchev–Trinajstić information content (AvgIpc) is 2.35. The van der Waals surface area contributed by atoms with Crippen LogP contribution in [0.1, 0.15) is 24.3 Å². The zero-order valence-electron chi connectivity index (χ0n) is 10.1. The lowest BCUT2D eigenvalue weighted by Crippen LogP contribution is -2.33. The molecule has 0 amide bonds. The SMILES string of the molecule is CN1CCC(C(C=O)c2ccccc2Cl)CC1. The Morgan fingerprint density at radius 3 is 2.59 bits per heavy atom. The van der Waals surface area contributed by atoms with Gasteiger partial charge < -0.3 is 9.69 Å². The van der Waals surface area contributed by atoms with Crippen molar-refractivity contribution in [3.63, 3.8) is 0 Å². The quantitative estimate of drug-likeness (QED) is 0.770. The second-order valence-electron chi connectivity index (χ2n) is 4.82. The van der Waals surface area contributed by atoms with Gasteiger partial charge in [0.15, 0.2) is 0 Å². The highest BCUT2D eigenvalue weighted by atomic mass is 35.5. The summed E-state index contributed by atoms with van der Waals surface area (Å²) in [7, 11) is 2.13. The van der Waals surface area contributed by atoms with E-state index in [1.54, 1.807) is 0 Å². The minimum atomic E-state index is -0.0441. The largest absolute Gasteiger partial charge is 0.306 e. The maximum atomic E-state index is 11.4. The van der Waals surface area contributed by atoms with Gasteiger partial charge in [0.2, 0.25) is 0 Å². The molecule has 0 aliphatic carbocycles. The van der Waals surface area contributed by atoms with Crippen LogP contribution in [0.5, 0.6) is 0 Å². The van der Waals surface area contributed by atoms with E-state index in [9.17, 15) is 4.79 Å². The molecule has 1 aliphatic rings. The van der Waals surface area contributed by atoms with Crippen molar-refractivity contribution in [1.29, 1.82) is 0 Å². The van der Waals surface area contributed by atoms with Crippen molar-refractivity contribution in [2.24, 2.45) is 5.92 Å². The average molecular weight is 252 g/mol. The molecule has 0 bridgehead atoms. The summed E-state index contributed by atoms with van der Waals surface area (Å²) in [5, 5.41) is 0.712. The van der Waals surface area contributed by atoms with Crippen LogP contribution in [-0.2, 0) is 4.79 Å². The Bertz CT molecular complexity index is 386. The van der Waals surface area contributed by atoms with E-state index in [4.69, 9.17) is 11.6 Å². The summed E-state index contributed by atoms with van der Waals surface area (Å²) in [4.78, 5) is 13.7. The zero-order chi connectivity index (χ0) is 12.3. The number of rotatable bonds is 3. The Kier molecular flexibility index (Phi) is 4.19. The molecule has 2 nitrogen and oxygen atoms in total. The lowest BCUT2D eigenvalue weighted by molar-refractivity contribution is -0.110. The fraction of sp³-hybridized carbons (Fsp3) is 0.500. The third kappa shape index (κ3) is 2.88. The second kappa shape index (κ2) is 5.65. The van der Waals surface area contributed by atoms with E-state index < -0.39 is 0 Å². The maximum Gasteiger partial charge on any atom is 0.127 e. The topological polar surface area (TPSA) is 20.3 Å². The van der Waals surface area contributed by atoms with Crippen LogP contribution in [0.25, 0.3) is 0 Å². The van der Waals surface area contributed by atoms with Crippen molar-refractivity contribution >= 4 is 17.9 Å². The highest BCUT2D eigenvalue weighted by Crippen LogP contribution is 2.34. The Hall–Kier alpha value is -0.860. The number of nitrogens with zero attached hydrogens (tertiary/aromatic N) is 1. The first kappa shape index (κ1) is 12.6. The first-order chi connectivity index (χ1) is 8.22. The Morgan fingerprint density at radius 1 is 1.35 bits per heavy atom. The molecule has 0 radical (unpaired) electrons. The van der Waals surface area contributed by atoms with Gasteiger partial charge in [-0.1, -0.05) is 29.8 Å². The number of carbonyl (C=O) groups excluding carboxylic acids is 1. The van der Waals surface area contributed by atoms with Crippen LogP contribution in [0.2, 0.25) is 5.02 Å². The van der Waals surface area contributed by atoms with Crippen molar-refractivity contribution in [3.8, 4) is 0 Å². The molecule has 17 heavy (non-hydrogen) atoms. The molecule has 1 aromatic carbocycles. The van der Waals surface area contributed by atoms with Gasteiger partial charge in [-0.2, -0.15) is 0 Å². The lowest BCUT2D eigenvalue weighted by atomic mass is 9.81. The van der Waals surface area contributed by atoms with Crippen molar-refractivity contribution in [1.82, 2.24) is 4.90 Å². The standard InChI is InChI=1S/C14H18ClNO/c1-16-8-6-11(7-9-16)13(10-17)12-4-2-3-5-14(12)15/h2-5,10-11,13H,6-9H2,1H3. The van der Waals surface area contributed by atoms with Gasteiger partial charge in [0, 0.05) is 10.9 Å². The van der Waals surface area contributed by atoms with Crippen molar-refractivity contribution in [2.75, 3.05) is 20.1 Å². The van der Waals surface area contributed by atoms with Gasteiger partial charge in [-0.25, -0.2) is 0 Å². The van der Waals surface area contributed by atoms with Gasteiger partial charge in [-0.15, -0.1) is 0 Å². The van der Waals surface area contributed by atoms with Crippen molar-refractivity contribution < 1.29 is 4.79 Å². The first-order valence-electron chi connectivity index (χ1n) is 6.10. The Balaban J connectivity index is 2.17. The van der Waals surface area contributed by atoms with E-state index in [1.165, 1.54) is 0 Å². The van der Waals surface area contributed by atoms with E-state index in [1.807, 2.05) is 24.3 Å². The molecule has 1 aromatic rings.